The number of amides is 1. The molecule has 1 rings (SSSR count). The maximum atomic E-state index is 11.2. The molecule has 14 heavy (non-hydrogen) atoms. The molecule has 0 aliphatic rings. The van der Waals surface area contributed by atoms with Gasteiger partial charge in [0.05, 0.1) is 0 Å². The third kappa shape index (κ3) is 2.42. The minimum Gasteiger partial charge on any atom is -0.306 e. The molecule has 0 saturated heterocycles. The molecule has 70 valence electrons. The Kier molecular flexibility index (Phi) is 2.97. The van der Waals surface area contributed by atoms with Crippen LogP contribution < -0.4 is 5.32 Å². The highest BCUT2D eigenvalue weighted by molar-refractivity contribution is 6.05. The van der Waals surface area contributed by atoms with Gasteiger partial charge in [-0.15, -0.1) is 0 Å². The molecule has 0 aromatic carbocycles. The van der Waals surface area contributed by atoms with E-state index in [-0.39, 0.29) is 5.57 Å². The van der Waals surface area contributed by atoms with Gasteiger partial charge < -0.3 is 5.32 Å². The summed E-state index contributed by atoms with van der Waals surface area (Å²) in [5, 5.41) is 10.9. The molecule has 0 spiro atoms. The first-order valence-corrected chi connectivity index (χ1v) is 3.97. The lowest BCUT2D eigenvalue weighted by Crippen LogP contribution is -2.13. The summed E-state index contributed by atoms with van der Waals surface area (Å²) in [7, 11) is 0. The summed E-state index contributed by atoms with van der Waals surface area (Å²) >= 11 is 0. The van der Waals surface area contributed by atoms with Crippen molar-refractivity contribution in [1.82, 2.24) is 4.98 Å². The zero-order chi connectivity index (χ0) is 10.6. The largest absolute Gasteiger partial charge is 0.306 e. The van der Waals surface area contributed by atoms with Crippen LogP contribution in [0.1, 0.15) is 5.69 Å². The van der Waals surface area contributed by atoms with Crippen molar-refractivity contribution in [2.45, 2.75) is 6.92 Å². The monoisotopic (exact) mass is 187 g/mol. The van der Waals surface area contributed by atoms with Crippen LogP contribution in [0.15, 0.2) is 30.4 Å². The summed E-state index contributed by atoms with van der Waals surface area (Å²) in [5.74, 6) is -0.1000. The van der Waals surface area contributed by atoms with E-state index in [1.165, 1.54) is 0 Å². The molecule has 4 nitrogen and oxygen atoms in total. The molecule has 1 aromatic heterocycles. The Balaban J connectivity index is 2.76. The maximum absolute atomic E-state index is 11.2. The first-order chi connectivity index (χ1) is 6.63. The average Bonchev–Trinajstić information content (AvgIpc) is 2.16. The van der Waals surface area contributed by atoms with E-state index >= 15 is 0 Å². The number of carbonyl (C=O) groups excluding carboxylic acids is 1. The van der Waals surface area contributed by atoms with Gasteiger partial charge in [-0.3, -0.25) is 4.79 Å². The Morgan fingerprint density at radius 2 is 2.36 bits per heavy atom. The number of nitriles is 1. The van der Waals surface area contributed by atoms with E-state index in [2.05, 4.69) is 16.9 Å². The number of aromatic nitrogens is 1. The molecule has 0 fully saturated rings. The standard InChI is InChI=1S/C10H9N3O/c1-7(6-11)10(14)13-9-5-3-4-8(2)12-9/h3-5H,1H2,2H3,(H,12,13,14). The van der Waals surface area contributed by atoms with Gasteiger partial charge in [-0.25, -0.2) is 4.98 Å². The number of hydrogen-bond donors (Lipinski definition) is 1. The van der Waals surface area contributed by atoms with Gasteiger partial charge in [0.1, 0.15) is 17.5 Å². The van der Waals surface area contributed by atoms with Crippen LogP contribution in [-0.4, -0.2) is 10.9 Å². The Bertz CT molecular complexity index is 418. The topological polar surface area (TPSA) is 65.8 Å². The number of hydrogen-bond acceptors (Lipinski definition) is 3. The first kappa shape index (κ1) is 9.93. The van der Waals surface area contributed by atoms with Crippen LogP contribution in [-0.2, 0) is 4.79 Å². The molecular formula is C10H9N3O. The summed E-state index contributed by atoms with van der Waals surface area (Å²) < 4.78 is 0. The fourth-order valence-electron chi connectivity index (χ4n) is 0.855. The summed E-state index contributed by atoms with van der Waals surface area (Å²) in [6.45, 7) is 5.11. The van der Waals surface area contributed by atoms with Crippen LogP contribution in [0, 0.1) is 18.3 Å². The Morgan fingerprint density at radius 1 is 1.64 bits per heavy atom. The quantitative estimate of drug-likeness (QED) is 0.562. The van der Waals surface area contributed by atoms with Crippen LogP contribution in [0.4, 0.5) is 5.82 Å². The van der Waals surface area contributed by atoms with Gasteiger partial charge in [0, 0.05) is 5.69 Å². The molecule has 1 aromatic rings. The van der Waals surface area contributed by atoms with E-state index in [9.17, 15) is 4.79 Å². The van der Waals surface area contributed by atoms with Crippen molar-refractivity contribution in [3.8, 4) is 6.07 Å². The van der Waals surface area contributed by atoms with Crippen molar-refractivity contribution >= 4 is 11.7 Å². The van der Waals surface area contributed by atoms with Gasteiger partial charge in [0.25, 0.3) is 5.91 Å². The Morgan fingerprint density at radius 3 is 2.93 bits per heavy atom. The number of aryl methyl sites for hydroxylation is 1. The summed E-state index contributed by atoms with van der Waals surface area (Å²) in [6, 6.07) is 6.90. The van der Waals surface area contributed by atoms with Crippen molar-refractivity contribution < 1.29 is 4.79 Å². The van der Waals surface area contributed by atoms with Crippen molar-refractivity contribution in [3.63, 3.8) is 0 Å². The highest BCUT2D eigenvalue weighted by Crippen LogP contribution is 2.04. The van der Waals surface area contributed by atoms with Crippen LogP contribution in [0.5, 0.6) is 0 Å². The van der Waals surface area contributed by atoms with Gasteiger partial charge in [-0.1, -0.05) is 12.6 Å². The van der Waals surface area contributed by atoms with Crippen molar-refractivity contribution in [2.75, 3.05) is 5.32 Å². The lowest BCUT2D eigenvalue weighted by atomic mass is 10.3. The summed E-state index contributed by atoms with van der Waals surface area (Å²) in [6.07, 6.45) is 0. The van der Waals surface area contributed by atoms with E-state index in [4.69, 9.17) is 5.26 Å². The number of pyridine rings is 1. The normalized spacial score (nSPS) is 8.86. The molecule has 0 aliphatic carbocycles. The zero-order valence-electron chi connectivity index (χ0n) is 7.74. The van der Waals surface area contributed by atoms with E-state index in [0.29, 0.717) is 5.82 Å². The number of nitrogens with zero attached hydrogens (tertiary/aromatic N) is 2. The highest BCUT2D eigenvalue weighted by atomic mass is 16.1. The van der Waals surface area contributed by atoms with E-state index in [1.54, 1.807) is 18.2 Å². The number of carbonyl (C=O) groups is 1. The predicted octanol–water partition coefficient (Wildman–Crippen LogP) is 1.41. The fourth-order valence-corrected chi connectivity index (χ4v) is 0.855. The molecular weight excluding hydrogens is 178 g/mol. The van der Waals surface area contributed by atoms with Gasteiger partial charge in [0.2, 0.25) is 0 Å². The van der Waals surface area contributed by atoms with Gasteiger partial charge in [-0.05, 0) is 19.1 Å². The van der Waals surface area contributed by atoms with Crippen molar-refractivity contribution in [3.05, 3.63) is 36.0 Å². The van der Waals surface area contributed by atoms with E-state index in [1.807, 2.05) is 13.0 Å². The van der Waals surface area contributed by atoms with E-state index < -0.39 is 5.91 Å². The van der Waals surface area contributed by atoms with Crippen LogP contribution >= 0.6 is 0 Å². The minimum absolute atomic E-state index is 0.131. The highest BCUT2D eigenvalue weighted by Gasteiger charge is 2.06. The molecule has 0 radical (unpaired) electrons. The third-order valence-corrected chi connectivity index (χ3v) is 1.54. The molecule has 0 unspecified atom stereocenters. The molecule has 0 atom stereocenters. The molecule has 0 aliphatic heterocycles. The second-order valence-corrected chi connectivity index (χ2v) is 2.71. The van der Waals surface area contributed by atoms with Crippen molar-refractivity contribution in [2.24, 2.45) is 0 Å². The van der Waals surface area contributed by atoms with E-state index in [0.717, 1.165) is 5.69 Å². The number of anilines is 1. The minimum atomic E-state index is -0.523. The molecule has 1 heterocycles. The van der Waals surface area contributed by atoms with Crippen molar-refractivity contribution in [1.29, 1.82) is 5.26 Å². The Hall–Kier alpha value is -2.15. The average molecular weight is 187 g/mol. The number of rotatable bonds is 2. The fraction of sp³-hybridized carbons (Fsp3) is 0.100. The predicted molar refractivity (Wildman–Crippen MR) is 52.4 cm³/mol. The van der Waals surface area contributed by atoms with Gasteiger partial charge in [0.15, 0.2) is 0 Å². The summed E-state index contributed by atoms with van der Waals surface area (Å²) in [5.41, 5.74) is 0.665. The lowest BCUT2D eigenvalue weighted by molar-refractivity contribution is -0.112. The molecule has 1 N–H and O–H groups in total. The van der Waals surface area contributed by atoms with Crippen LogP contribution in [0.25, 0.3) is 0 Å². The smallest absolute Gasteiger partial charge is 0.266 e. The molecule has 0 bridgehead atoms. The second-order valence-electron chi connectivity index (χ2n) is 2.71. The lowest BCUT2D eigenvalue weighted by Gasteiger charge is -2.02. The van der Waals surface area contributed by atoms with Gasteiger partial charge in [-0.2, -0.15) is 5.26 Å². The van der Waals surface area contributed by atoms with Crippen LogP contribution in [0.3, 0.4) is 0 Å². The molecule has 0 saturated carbocycles. The second kappa shape index (κ2) is 4.19. The Labute approximate surface area is 81.9 Å². The molecule has 4 heteroatoms. The van der Waals surface area contributed by atoms with Gasteiger partial charge >= 0.3 is 0 Å². The maximum Gasteiger partial charge on any atom is 0.266 e. The molecule has 1 amide bonds. The number of nitrogens with one attached hydrogen (secondary N) is 1. The van der Waals surface area contributed by atoms with Crippen LogP contribution in [0.2, 0.25) is 0 Å². The first-order valence-electron chi connectivity index (χ1n) is 3.97. The third-order valence-electron chi connectivity index (χ3n) is 1.54. The zero-order valence-corrected chi connectivity index (χ0v) is 7.74. The summed E-state index contributed by atoms with van der Waals surface area (Å²) in [4.78, 5) is 15.2. The SMILES string of the molecule is C=C(C#N)C(=O)Nc1cccc(C)n1.